The van der Waals surface area contributed by atoms with Crippen molar-refractivity contribution in [2.45, 2.75) is 45.9 Å². The predicted octanol–water partition coefficient (Wildman–Crippen LogP) is 4.74. The maximum absolute atomic E-state index is 12.9. The van der Waals surface area contributed by atoms with Gasteiger partial charge in [-0.2, -0.15) is 0 Å². The quantitative estimate of drug-likeness (QED) is 0.730. The Labute approximate surface area is 156 Å². The molecule has 0 aliphatic carbocycles. The molecule has 1 aliphatic heterocycles. The lowest BCUT2D eigenvalue weighted by atomic mass is 9.84. The summed E-state index contributed by atoms with van der Waals surface area (Å²) in [4.78, 5) is 14.9. The van der Waals surface area contributed by atoms with Crippen LogP contribution in [0.1, 0.15) is 51.5 Å². The fourth-order valence-electron chi connectivity index (χ4n) is 3.62. The Morgan fingerprint density at radius 2 is 2.04 bits per heavy atom. The summed E-state index contributed by atoms with van der Waals surface area (Å²) in [6.07, 6.45) is 1.65. The predicted molar refractivity (Wildman–Crippen MR) is 104 cm³/mol. The van der Waals surface area contributed by atoms with E-state index in [1.165, 1.54) is 0 Å². The number of thioether (sulfide) groups is 1. The van der Waals surface area contributed by atoms with Crippen LogP contribution in [0.15, 0.2) is 18.2 Å². The van der Waals surface area contributed by atoms with Crippen molar-refractivity contribution >= 4 is 17.7 Å². The van der Waals surface area contributed by atoms with Gasteiger partial charge in [0, 0.05) is 24.3 Å². The van der Waals surface area contributed by atoms with Gasteiger partial charge in [0.05, 0.1) is 14.2 Å². The molecule has 0 radical (unpaired) electrons. The summed E-state index contributed by atoms with van der Waals surface area (Å²) < 4.78 is 11.0. The number of nitrogens with zero attached hydrogens (tertiary/aromatic N) is 1. The second kappa shape index (κ2) is 8.35. The number of benzene rings is 1. The summed E-state index contributed by atoms with van der Waals surface area (Å²) in [6.45, 7) is 9.64. The van der Waals surface area contributed by atoms with Crippen LogP contribution >= 0.6 is 11.8 Å². The molecule has 2 atom stereocenters. The van der Waals surface area contributed by atoms with Gasteiger partial charge >= 0.3 is 0 Å². The van der Waals surface area contributed by atoms with Gasteiger partial charge in [0.15, 0.2) is 11.5 Å². The molecule has 0 bridgehead atoms. The van der Waals surface area contributed by atoms with Gasteiger partial charge in [-0.25, -0.2) is 0 Å². The fourth-order valence-corrected chi connectivity index (χ4v) is 4.92. The summed E-state index contributed by atoms with van der Waals surface area (Å²) in [5, 5.41) is -0.000568. The van der Waals surface area contributed by atoms with E-state index in [0.717, 1.165) is 30.0 Å². The summed E-state index contributed by atoms with van der Waals surface area (Å²) in [6, 6.07) is 5.88. The number of hydrogen-bond acceptors (Lipinski definition) is 4. The van der Waals surface area contributed by atoms with E-state index in [-0.39, 0.29) is 16.7 Å². The van der Waals surface area contributed by atoms with E-state index < -0.39 is 0 Å². The second-order valence-electron chi connectivity index (χ2n) is 7.97. The Hall–Kier alpha value is -1.36. The van der Waals surface area contributed by atoms with Gasteiger partial charge in [-0.15, -0.1) is 11.8 Å². The van der Waals surface area contributed by atoms with E-state index in [1.807, 2.05) is 23.1 Å². The Morgan fingerprint density at radius 3 is 2.64 bits per heavy atom. The normalized spacial score (nSPS) is 19.0. The monoisotopic (exact) mass is 365 g/mol. The van der Waals surface area contributed by atoms with Gasteiger partial charge in [0.1, 0.15) is 5.37 Å². The molecular weight excluding hydrogens is 334 g/mol. The highest BCUT2D eigenvalue weighted by molar-refractivity contribution is 7.99. The highest BCUT2D eigenvalue weighted by Crippen LogP contribution is 2.45. The average molecular weight is 366 g/mol. The first-order chi connectivity index (χ1) is 11.8. The lowest BCUT2D eigenvalue weighted by Gasteiger charge is -2.28. The minimum Gasteiger partial charge on any atom is -0.493 e. The summed E-state index contributed by atoms with van der Waals surface area (Å²) in [5.41, 5.74) is 1.26. The zero-order valence-corrected chi connectivity index (χ0v) is 17.1. The van der Waals surface area contributed by atoms with Gasteiger partial charge in [0.25, 0.3) is 0 Å². The topological polar surface area (TPSA) is 38.8 Å². The van der Waals surface area contributed by atoms with Crippen LogP contribution in [0.5, 0.6) is 11.5 Å². The van der Waals surface area contributed by atoms with Gasteiger partial charge in [-0.05, 0) is 23.8 Å². The van der Waals surface area contributed by atoms with Crippen molar-refractivity contribution in [2.24, 2.45) is 11.3 Å². The first kappa shape index (κ1) is 20.0. The minimum absolute atomic E-state index is 0.000568. The highest BCUT2D eigenvalue weighted by Gasteiger charge is 2.34. The van der Waals surface area contributed by atoms with Crippen molar-refractivity contribution in [1.82, 2.24) is 4.90 Å². The number of hydrogen-bond donors (Lipinski definition) is 0. The molecular formula is C20H31NO3S. The maximum Gasteiger partial charge on any atom is 0.224 e. The Morgan fingerprint density at radius 1 is 1.32 bits per heavy atom. The number of rotatable bonds is 6. The first-order valence-corrected chi connectivity index (χ1v) is 9.93. The SMILES string of the molecule is COc1cccc([C@H]2SCCN2C(=O)C[C@H](C)CC(C)(C)C)c1OC. The zero-order valence-electron chi connectivity index (χ0n) is 16.3. The van der Waals surface area contributed by atoms with Crippen LogP contribution in [0.4, 0.5) is 0 Å². The lowest BCUT2D eigenvalue weighted by molar-refractivity contribution is -0.132. The van der Waals surface area contributed by atoms with Crippen molar-refractivity contribution in [3.8, 4) is 11.5 Å². The van der Waals surface area contributed by atoms with E-state index in [9.17, 15) is 4.79 Å². The molecule has 0 N–H and O–H groups in total. The molecule has 1 amide bonds. The summed E-state index contributed by atoms with van der Waals surface area (Å²) in [5.74, 6) is 3.00. The molecule has 1 saturated heterocycles. The van der Waals surface area contributed by atoms with Crippen molar-refractivity contribution in [1.29, 1.82) is 0 Å². The van der Waals surface area contributed by atoms with Crippen molar-refractivity contribution in [3.05, 3.63) is 23.8 Å². The van der Waals surface area contributed by atoms with Crippen LogP contribution in [0.2, 0.25) is 0 Å². The Bertz CT molecular complexity index is 597. The van der Waals surface area contributed by atoms with Crippen molar-refractivity contribution in [3.63, 3.8) is 0 Å². The molecule has 4 nitrogen and oxygen atoms in total. The molecule has 25 heavy (non-hydrogen) atoms. The van der Waals surface area contributed by atoms with Gasteiger partial charge in [0.2, 0.25) is 5.91 Å². The minimum atomic E-state index is -0.000568. The lowest BCUT2D eigenvalue weighted by Crippen LogP contribution is -2.32. The molecule has 0 spiro atoms. The van der Waals surface area contributed by atoms with E-state index in [2.05, 4.69) is 27.7 Å². The molecule has 1 fully saturated rings. The molecule has 1 heterocycles. The Balaban J connectivity index is 2.16. The van der Waals surface area contributed by atoms with E-state index in [4.69, 9.17) is 9.47 Å². The fraction of sp³-hybridized carbons (Fsp3) is 0.650. The number of methoxy groups -OCH3 is 2. The number of carbonyl (C=O) groups is 1. The van der Waals surface area contributed by atoms with Gasteiger partial charge in [-0.3, -0.25) is 4.79 Å². The highest BCUT2D eigenvalue weighted by atomic mass is 32.2. The van der Waals surface area contributed by atoms with Crippen LogP contribution in [0, 0.1) is 11.3 Å². The largest absolute Gasteiger partial charge is 0.493 e. The third kappa shape index (κ3) is 5.06. The second-order valence-corrected chi connectivity index (χ2v) is 9.16. The Kier molecular flexibility index (Phi) is 6.66. The van der Waals surface area contributed by atoms with Crippen molar-refractivity contribution in [2.75, 3.05) is 26.5 Å². The number of amides is 1. The molecule has 2 rings (SSSR count). The molecule has 1 aliphatic rings. The molecule has 1 aromatic carbocycles. The number of ether oxygens (including phenoxy) is 2. The van der Waals surface area contributed by atoms with Crippen LogP contribution in [-0.2, 0) is 4.79 Å². The molecule has 0 unspecified atom stereocenters. The smallest absolute Gasteiger partial charge is 0.224 e. The van der Waals surface area contributed by atoms with E-state index >= 15 is 0 Å². The summed E-state index contributed by atoms with van der Waals surface area (Å²) in [7, 11) is 3.29. The zero-order chi connectivity index (χ0) is 18.6. The molecule has 0 saturated carbocycles. The van der Waals surface area contributed by atoms with Crippen LogP contribution in [0.3, 0.4) is 0 Å². The van der Waals surface area contributed by atoms with Crippen molar-refractivity contribution < 1.29 is 14.3 Å². The van der Waals surface area contributed by atoms with Crippen LogP contribution < -0.4 is 9.47 Å². The maximum atomic E-state index is 12.9. The standard InChI is InChI=1S/C20H31NO3S/c1-14(13-20(2,3)4)12-17(22)21-10-11-25-19(21)15-8-7-9-16(23-5)18(15)24-6/h7-9,14,19H,10-13H2,1-6H3/t14-,19+/m0/s1. The van der Waals surface area contributed by atoms with E-state index in [1.54, 1.807) is 26.0 Å². The van der Waals surface area contributed by atoms with Crippen LogP contribution in [0.25, 0.3) is 0 Å². The average Bonchev–Trinajstić information content (AvgIpc) is 3.01. The third-order valence-corrected chi connectivity index (χ3v) is 5.64. The van der Waals surface area contributed by atoms with Gasteiger partial charge < -0.3 is 14.4 Å². The molecule has 1 aromatic rings. The van der Waals surface area contributed by atoms with Crippen LogP contribution in [-0.4, -0.2) is 37.3 Å². The molecule has 5 heteroatoms. The molecule has 0 aromatic heterocycles. The third-order valence-electron chi connectivity index (χ3n) is 4.39. The summed E-state index contributed by atoms with van der Waals surface area (Å²) >= 11 is 1.79. The first-order valence-electron chi connectivity index (χ1n) is 8.88. The van der Waals surface area contributed by atoms with E-state index in [0.29, 0.717) is 18.1 Å². The molecule has 140 valence electrons. The number of carbonyl (C=O) groups excluding carboxylic acids is 1. The van der Waals surface area contributed by atoms with Gasteiger partial charge in [-0.1, -0.05) is 39.8 Å². The number of para-hydroxylation sites is 1.